The molecule has 0 bridgehead atoms. The van der Waals surface area contributed by atoms with Gasteiger partial charge in [-0.05, 0) is 61.3 Å². The number of rotatable bonds is 4. The molecule has 4 N–H and O–H groups in total. The van der Waals surface area contributed by atoms with Crippen LogP contribution in [0.1, 0.15) is 68.2 Å². The number of nitrogens with two attached hydrogens (primary N) is 1. The lowest BCUT2D eigenvalue weighted by atomic mass is 9.82. The van der Waals surface area contributed by atoms with Crippen molar-refractivity contribution in [3.05, 3.63) is 66.2 Å². The summed E-state index contributed by atoms with van der Waals surface area (Å²) in [5.74, 6) is 1.09. The van der Waals surface area contributed by atoms with Gasteiger partial charge in [-0.3, -0.25) is 0 Å². The minimum absolute atomic E-state index is 0.330. The summed E-state index contributed by atoms with van der Waals surface area (Å²) in [6.45, 7) is 0. The number of aliphatic hydroxyl groups is 1. The van der Waals surface area contributed by atoms with Crippen LogP contribution in [0.4, 0.5) is 10.5 Å². The average Bonchev–Trinajstić information content (AvgIpc) is 3.50. The zero-order valence-electron chi connectivity index (χ0n) is 17.2. The second-order valence-corrected chi connectivity index (χ2v) is 8.33. The van der Waals surface area contributed by atoms with Gasteiger partial charge >= 0.3 is 6.03 Å². The maximum absolute atomic E-state index is 11.0. The number of carbonyl (C=O) groups excluding carboxylic acids is 1. The van der Waals surface area contributed by atoms with Crippen LogP contribution in [0.3, 0.4) is 0 Å². The van der Waals surface area contributed by atoms with Crippen LogP contribution < -0.4 is 11.1 Å². The molecule has 0 spiro atoms. The molecule has 3 aromatic rings. The summed E-state index contributed by atoms with van der Waals surface area (Å²) in [6.07, 6.45) is 12.1. The van der Waals surface area contributed by atoms with Gasteiger partial charge in [0, 0.05) is 5.69 Å². The second-order valence-electron chi connectivity index (χ2n) is 8.33. The summed E-state index contributed by atoms with van der Waals surface area (Å²) in [5, 5.41) is 13.4. The Labute approximate surface area is 177 Å². The predicted molar refractivity (Wildman–Crippen MR) is 118 cm³/mol. The molecule has 0 saturated heterocycles. The maximum Gasteiger partial charge on any atom is 0.316 e. The Morgan fingerprint density at radius 2 is 1.80 bits per heavy atom. The summed E-state index contributed by atoms with van der Waals surface area (Å²) in [7, 11) is 0. The number of hydrogen-bond donors (Lipinski definition) is 3. The summed E-state index contributed by atoms with van der Waals surface area (Å²) in [4.78, 5) is 14.5. The fourth-order valence-corrected chi connectivity index (χ4v) is 4.42. The molecule has 2 aliphatic carbocycles. The molecule has 0 aliphatic heterocycles. The Morgan fingerprint density at radius 1 is 1.07 bits per heavy atom. The van der Waals surface area contributed by atoms with Crippen LogP contribution in [0.25, 0.3) is 5.52 Å². The van der Waals surface area contributed by atoms with Crippen molar-refractivity contribution < 1.29 is 9.90 Å². The smallest absolute Gasteiger partial charge is 0.316 e. The third-order valence-electron chi connectivity index (χ3n) is 6.09. The van der Waals surface area contributed by atoms with Gasteiger partial charge in [0.15, 0.2) is 0 Å². The minimum Gasteiger partial charge on any atom is -0.387 e. The van der Waals surface area contributed by atoms with Crippen LogP contribution >= 0.6 is 0 Å². The molecule has 2 fully saturated rings. The molecule has 1 atom stereocenters. The molecule has 2 heterocycles. The number of pyridine rings is 1. The number of carbonyl (C=O) groups is 1. The SMILES string of the molecule is NC(=O)Nc1ccccc1.OC(c1c(C2CC2)ccc2cncn12)C1CCCCC1. The number of nitrogens with zero attached hydrogens (tertiary/aromatic N) is 2. The molecule has 30 heavy (non-hydrogen) atoms. The van der Waals surface area contributed by atoms with Crippen molar-refractivity contribution in [2.45, 2.75) is 57.0 Å². The lowest BCUT2D eigenvalue weighted by molar-refractivity contribution is 0.0793. The largest absolute Gasteiger partial charge is 0.387 e. The number of hydrogen-bond acceptors (Lipinski definition) is 3. The number of aromatic nitrogens is 2. The number of primary amides is 1. The first-order chi connectivity index (χ1) is 14.6. The highest BCUT2D eigenvalue weighted by Crippen LogP contribution is 2.45. The normalized spacial score (nSPS) is 17.8. The number of aliphatic hydroxyl groups excluding tert-OH is 1. The van der Waals surface area contributed by atoms with Crippen LogP contribution in [-0.2, 0) is 0 Å². The average molecular weight is 407 g/mol. The predicted octanol–water partition coefficient (Wildman–Crippen LogP) is 5.00. The number of benzene rings is 1. The first-order valence-corrected chi connectivity index (χ1v) is 10.9. The third-order valence-corrected chi connectivity index (χ3v) is 6.09. The number of fused-ring (bicyclic) bond motifs is 1. The van der Waals surface area contributed by atoms with E-state index >= 15 is 0 Å². The van der Waals surface area contributed by atoms with E-state index in [0.717, 1.165) is 29.7 Å². The summed E-state index contributed by atoms with van der Waals surface area (Å²) in [5.41, 5.74) is 9.16. The van der Waals surface area contributed by atoms with Crippen molar-refractivity contribution >= 4 is 17.2 Å². The van der Waals surface area contributed by atoms with Crippen LogP contribution in [-0.4, -0.2) is 20.5 Å². The molecule has 2 amide bonds. The molecule has 158 valence electrons. The topological polar surface area (TPSA) is 92.7 Å². The van der Waals surface area contributed by atoms with Gasteiger partial charge in [0.05, 0.1) is 29.8 Å². The van der Waals surface area contributed by atoms with Crippen LogP contribution in [0.15, 0.2) is 55.0 Å². The minimum atomic E-state index is -0.536. The fraction of sp³-hybridized carbons (Fsp3) is 0.417. The van der Waals surface area contributed by atoms with Crippen molar-refractivity contribution in [3.8, 4) is 0 Å². The zero-order chi connectivity index (χ0) is 20.9. The number of anilines is 1. The lowest BCUT2D eigenvalue weighted by Gasteiger charge is -2.28. The number of amides is 2. The van der Waals surface area contributed by atoms with Gasteiger partial charge in [0.2, 0.25) is 0 Å². The van der Waals surface area contributed by atoms with E-state index in [1.807, 2.05) is 30.7 Å². The Balaban J connectivity index is 0.000000185. The van der Waals surface area contributed by atoms with E-state index in [0.29, 0.717) is 11.8 Å². The van der Waals surface area contributed by atoms with Crippen molar-refractivity contribution in [1.29, 1.82) is 0 Å². The highest BCUT2D eigenvalue weighted by molar-refractivity contribution is 5.87. The molecule has 2 aromatic heterocycles. The van der Waals surface area contributed by atoms with Crippen molar-refractivity contribution in [2.24, 2.45) is 11.7 Å². The molecule has 2 saturated carbocycles. The molecule has 2 aliphatic rings. The van der Waals surface area contributed by atoms with E-state index in [1.54, 1.807) is 12.1 Å². The molecule has 6 heteroatoms. The summed E-state index contributed by atoms with van der Waals surface area (Å²) in [6, 6.07) is 12.9. The third kappa shape index (κ3) is 4.82. The quantitative estimate of drug-likeness (QED) is 0.569. The number of nitrogens with one attached hydrogen (secondary N) is 1. The van der Waals surface area contributed by atoms with E-state index in [-0.39, 0.29) is 6.10 Å². The van der Waals surface area contributed by atoms with Crippen molar-refractivity contribution in [3.63, 3.8) is 0 Å². The molecule has 6 nitrogen and oxygen atoms in total. The highest BCUT2D eigenvalue weighted by Gasteiger charge is 2.32. The van der Waals surface area contributed by atoms with Crippen LogP contribution in [0.2, 0.25) is 0 Å². The van der Waals surface area contributed by atoms with E-state index in [9.17, 15) is 9.90 Å². The molecule has 1 aromatic carbocycles. The van der Waals surface area contributed by atoms with Gasteiger partial charge in [-0.2, -0.15) is 0 Å². The van der Waals surface area contributed by atoms with E-state index in [1.165, 1.54) is 37.7 Å². The van der Waals surface area contributed by atoms with Crippen LogP contribution in [0.5, 0.6) is 0 Å². The Kier molecular flexibility index (Phi) is 6.33. The van der Waals surface area contributed by atoms with Crippen molar-refractivity contribution in [2.75, 3.05) is 5.32 Å². The van der Waals surface area contributed by atoms with Gasteiger partial charge in [-0.1, -0.05) is 43.5 Å². The molecular weight excluding hydrogens is 376 g/mol. The molecular formula is C24H30N4O2. The Hall–Kier alpha value is -2.86. The highest BCUT2D eigenvalue weighted by atomic mass is 16.3. The number of urea groups is 1. The van der Waals surface area contributed by atoms with E-state index < -0.39 is 6.03 Å². The summed E-state index contributed by atoms with van der Waals surface area (Å²) >= 11 is 0. The fourth-order valence-electron chi connectivity index (χ4n) is 4.42. The van der Waals surface area contributed by atoms with Gasteiger partial charge in [0.1, 0.15) is 0 Å². The first kappa shape index (κ1) is 20.4. The standard InChI is InChI=1S/C17H22N2O.C7H8N2O/c20-17(13-4-2-1-3-5-13)16-15(12-6-7-12)9-8-14-10-18-11-19(14)16;8-7(10)9-6-4-2-1-3-5-6/h8-13,17,20H,1-7H2;1-5H,(H3,8,9,10). The number of para-hydroxylation sites is 1. The summed E-state index contributed by atoms with van der Waals surface area (Å²) < 4.78 is 2.12. The Bertz CT molecular complexity index is 975. The molecule has 5 rings (SSSR count). The molecule has 1 unspecified atom stereocenters. The maximum atomic E-state index is 11.0. The zero-order valence-corrected chi connectivity index (χ0v) is 17.2. The van der Waals surface area contributed by atoms with E-state index in [4.69, 9.17) is 5.73 Å². The van der Waals surface area contributed by atoms with Crippen LogP contribution in [0, 0.1) is 5.92 Å². The monoisotopic (exact) mass is 406 g/mol. The van der Waals surface area contributed by atoms with Gasteiger partial charge in [0.25, 0.3) is 0 Å². The lowest BCUT2D eigenvalue weighted by Crippen LogP contribution is -2.19. The van der Waals surface area contributed by atoms with Gasteiger partial charge in [-0.25, -0.2) is 9.78 Å². The van der Waals surface area contributed by atoms with Crippen molar-refractivity contribution in [1.82, 2.24) is 9.38 Å². The van der Waals surface area contributed by atoms with E-state index in [2.05, 4.69) is 26.8 Å². The number of imidazole rings is 1. The Morgan fingerprint density at radius 3 is 2.47 bits per heavy atom. The van der Waals surface area contributed by atoms with Gasteiger partial charge in [-0.15, -0.1) is 0 Å². The second kappa shape index (κ2) is 9.30. The first-order valence-electron chi connectivity index (χ1n) is 10.9. The van der Waals surface area contributed by atoms with Gasteiger partial charge < -0.3 is 20.6 Å². The molecule has 0 radical (unpaired) electrons.